The minimum Gasteiger partial charge on any atom is -0.497 e. The number of allylic oxidation sites excluding steroid dienone is 1. The molecule has 0 saturated carbocycles. The fourth-order valence-corrected chi connectivity index (χ4v) is 2.51. The molecule has 4 nitrogen and oxygen atoms in total. The molecule has 2 rings (SSSR count). The lowest BCUT2D eigenvalue weighted by molar-refractivity contribution is -0.0509. The van der Waals surface area contributed by atoms with Crippen molar-refractivity contribution in [1.29, 1.82) is 0 Å². The molecule has 0 fully saturated rings. The van der Waals surface area contributed by atoms with E-state index in [4.69, 9.17) is 4.74 Å². The summed E-state index contributed by atoms with van der Waals surface area (Å²) in [4.78, 5) is 0. The van der Waals surface area contributed by atoms with E-state index in [-0.39, 0.29) is 5.76 Å². The van der Waals surface area contributed by atoms with Gasteiger partial charge in [0.25, 0.3) is 0 Å². The third-order valence-electron chi connectivity index (χ3n) is 3.04. The number of hydrogen-bond acceptors (Lipinski definition) is 4. The zero-order valence-corrected chi connectivity index (χ0v) is 13.9. The van der Waals surface area contributed by atoms with E-state index in [0.29, 0.717) is 36.1 Å². The van der Waals surface area contributed by atoms with Crippen molar-refractivity contribution in [2.75, 3.05) is 7.11 Å². The molecular formula is C15H19F3O4S. The summed E-state index contributed by atoms with van der Waals surface area (Å²) in [5, 5.41) is 0. The number of aryl methyl sites for hydroxylation is 1. The monoisotopic (exact) mass is 352 g/mol. The predicted octanol–water partition coefficient (Wildman–Crippen LogP) is 4.26. The largest absolute Gasteiger partial charge is 0.534 e. The van der Waals surface area contributed by atoms with E-state index in [1.807, 2.05) is 13.8 Å². The normalized spacial score (nSPS) is 14.6. The van der Waals surface area contributed by atoms with Crippen molar-refractivity contribution in [3.8, 4) is 5.75 Å². The van der Waals surface area contributed by atoms with Gasteiger partial charge in [-0.25, -0.2) is 0 Å². The molecule has 0 bridgehead atoms. The summed E-state index contributed by atoms with van der Waals surface area (Å²) >= 11 is 0. The van der Waals surface area contributed by atoms with Crippen LogP contribution in [0, 0.1) is 0 Å². The molecule has 0 unspecified atom stereocenters. The minimum absolute atomic E-state index is 0.289. The first-order valence-electron chi connectivity index (χ1n) is 7.13. The molecular weight excluding hydrogens is 333 g/mol. The molecule has 8 heteroatoms. The lowest BCUT2D eigenvalue weighted by atomic mass is 10.0. The lowest BCUT2D eigenvalue weighted by Gasteiger charge is -2.14. The minimum atomic E-state index is -5.67. The molecule has 130 valence electrons. The Balaban J connectivity index is 0.00000127. The topological polar surface area (TPSA) is 52.6 Å². The van der Waals surface area contributed by atoms with E-state index in [2.05, 4.69) is 4.18 Å². The second kappa shape index (κ2) is 7.72. The first-order valence-corrected chi connectivity index (χ1v) is 8.53. The number of methoxy groups -OCH3 is 1. The third-order valence-corrected chi connectivity index (χ3v) is 4.01. The molecule has 0 saturated heterocycles. The molecule has 1 aromatic rings. The Morgan fingerprint density at radius 3 is 2.39 bits per heavy atom. The van der Waals surface area contributed by atoms with Crippen LogP contribution < -0.4 is 4.74 Å². The van der Waals surface area contributed by atoms with Crippen LogP contribution in [-0.2, 0) is 20.7 Å². The van der Waals surface area contributed by atoms with E-state index in [0.717, 1.165) is 0 Å². The van der Waals surface area contributed by atoms with Crippen LogP contribution in [0.1, 0.15) is 37.8 Å². The van der Waals surface area contributed by atoms with Gasteiger partial charge in [0.15, 0.2) is 0 Å². The molecule has 1 aliphatic rings. The van der Waals surface area contributed by atoms with Crippen molar-refractivity contribution in [1.82, 2.24) is 0 Å². The van der Waals surface area contributed by atoms with Gasteiger partial charge in [-0.2, -0.15) is 21.6 Å². The fourth-order valence-electron chi connectivity index (χ4n) is 2.02. The van der Waals surface area contributed by atoms with Crippen molar-refractivity contribution >= 4 is 15.9 Å². The highest BCUT2D eigenvalue weighted by Crippen LogP contribution is 2.34. The number of hydrogen-bond donors (Lipinski definition) is 0. The van der Waals surface area contributed by atoms with Crippen LogP contribution in [0.2, 0.25) is 0 Å². The number of benzene rings is 1. The summed E-state index contributed by atoms with van der Waals surface area (Å²) in [6.45, 7) is 4.00. The molecule has 0 amide bonds. The summed E-state index contributed by atoms with van der Waals surface area (Å²) in [5.74, 6) is 0.260. The third kappa shape index (κ3) is 4.63. The van der Waals surface area contributed by atoms with Gasteiger partial charge in [-0.15, -0.1) is 0 Å². The van der Waals surface area contributed by atoms with Crippen molar-refractivity contribution in [3.63, 3.8) is 0 Å². The molecule has 0 spiro atoms. The molecule has 1 aliphatic carbocycles. The van der Waals surface area contributed by atoms with E-state index < -0.39 is 15.6 Å². The quantitative estimate of drug-likeness (QED) is 0.602. The number of alkyl halides is 3. The highest BCUT2D eigenvalue weighted by Gasteiger charge is 2.49. The van der Waals surface area contributed by atoms with Gasteiger partial charge in [0.2, 0.25) is 0 Å². The summed E-state index contributed by atoms with van der Waals surface area (Å²) in [5.41, 5.74) is -4.43. The molecule has 1 aromatic carbocycles. The lowest BCUT2D eigenvalue weighted by Crippen LogP contribution is -2.25. The Labute approximate surface area is 134 Å². The van der Waals surface area contributed by atoms with Crippen LogP contribution in [0.4, 0.5) is 13.2 Å². The highest BCUT2D eigenvalue weighted by atomic mass is 32.2. The maximum Gasteiger partial charge on any atom is 0.534 e. The average Bonchev–Trinajstić information content (AvgIpc) is 2.69. The zero-order chi connectivity index (χ0) is 17.7. The van der Waals surface area contributed by atoms with E-state index >= 15 is 0 Å². The maximum absolute atomic E-state index is 12.4. The standard InChI is InChI=1S/C13H13F3O4S.C2H6/c1-19-10-6-7-11-9(8-10)4-2-3-5-12(11)20-21(17,18)13(14,15)16;1-2/h5-8H,2-4H2,1H3;1-2H3. The SMILES string of the molecule is CC.COc1ccc2c(c1)CCCC=C2OS(=O)(=O)C(F)(F)F. The molecule has 0 N–H and O–H groups in total. The van der Waals surface area contributed by atoms with Gasteiger partial charge in [0.05, 0.1) is 7.11 Å². The number of rotatable bonds is 3. The van der Waals surface area contributed by atoms with E-state index in [9.17, 15) is 21.6 Å². The van der Waals surface area contributed by atoms with Gasteiger partial charge < -0.3 is 8.92 Å². The molecule has 0 aromatic heterocycles. The van der Waals surface area contributed by atoms with E-state index in [1.54, 1.807) is 12.1 Å². The Morgan fingerprint density at radius 1 is 1.17 bits per heavy atom. The molecule has 0 heterocycles. The van der Waals surface area contributed by atoms with Crippen molar-refractivity contribution in [2.45, 2.75) is 38.6 Å². The Hall–Kier alpha value is -1.70. The first-order chi connectivity index (χ1) is 10.7. The Kier molecular flexibility index (Phi) is 6.49. The van der Waals surface area contributed by atoms with Crippen LogP contribution in [0.5, 0.6) is 5.75 Å². The van der Waals surface area contributed by atoms with Gasteiger partial charge in [-0.3, -0.25) is 0 Å². The number of ether oxygens (including phenoxy) is 1. The average molecular weight is 352 g/mol. The van der Waals surface area contributed by atoms with Gasteiger partial charge in [0.1, 0.15) is 11.5 Å². The van der Waals surface area contributed by atoms with Crippen LogP contribution in [-0.4, -0.2) is 21.0 Å². The summed E-state index contributed by atoms with van der Waals surface area (Å²) in [6, 6.07) is 4.71. The van der Waals surface area contributed by atoms with Gasteiger partial charge >= 0.3 is 15.6 Å². The first kappa shape index (κ1) is 19.3. The Morgan fingerprint density at radius 2 is 1.83 bits per heavy atom. The van der Waals surface area contributed by atoms with Gasteiger partial charge in [0, 0.05) is 5.56 Å². The number of fused-ring (bicyclic) bond motifs is 1. The molecule has 0 atom stereocenters. The smallest absolute Gasteiger partial charge is 0.497 e. The second-order valence-electron chi connectivity index (χ2n) is 4.47. The zero-order valence-electron chi connectivity index (χ0n) is 13.1. The molecule has 0 aliphatic heterocycles. The van der Waals surface area contributed by atoms with Gasteiger partial charge in [-0.1, -0.05) is 13.8 Å². The molecule has 23 heavy (non-hydrogen) atoms. The Bertz CT molecular complexity index is 664. The van der Waals surface area contributed by atoms with Crippen molar-refractivity contribution < 1.29 is 30.5 Å². The predicted molar refractivity (Wildman–Crippen MR) is 81.3 cm³/mol. The van der Waals surface area contributed by atoms with Crippen molar-refractivity contribution in [2.24, 2.45) is 0 Å². The van der Waals surface area contributed by atoms with E-state index in [1.165, 1.54) is 19.3 Å². The van der Waals surface area contributed by atoms with Crippen molar-refractivity contribution in [3.05, 3.63) is 35.4 Å². The molecule has 0 radical (unpaired) electrons. The summed E-state index contributed by atoms with van der Waals surface area (Å²) in [6.07, 6.45) is 3.07. The summed E-state index contributed by atoms with van der Waals surface area (Å²) in [7, 11) is -4.20. The fraction of sp³-hybridized carbons (Fsp3) is 0.467. The van der Waals surface area contributed by atoms with Crippen LogP contribution in [0.25, 0.3) is 5.76 Å². The van der Waals surface area contributed by atoms with Gasteiger partial charge in [-0.05, 0) is 49.1 Å². The van der Waals surface area contributed by atoms with Crippen LogP contribution in [0.15, 0.2) is 24.3 Å². The van der Waals surface area contributed by atoms with Crippen LogP contribution >= 0.6 is 0 Å². The van der Waals surface area contributed by atoms with Crippen LogP contribution in [0.3, 0.4) is 0 Å². The highest BCUT2D eigenvalue weighted by molar-refractivity contribution is 7.87. The second-order valence-corrected chi connectivity index (χ2v) is 6.00. The number of halogens is 3. The summed E-state index contributed by atoms with van der Waals surface area (Å²) < 4.78 is 68.9. The maximum atomic E-state index is 12.4.